The summed E-state index contributed by atoms with van der Waals surface area (Å²) in [5.74, 6) is 0.0994. The van der Waals surface area contributed by atoms with E-state index < -0.39 is 5.97 Å². The van der Waals surface area contributed by atoms with Crippen molar-refractivity contribution in [2.75, 3.05) is 13.2 Å². The molecule has 6 heteroatoms. The van der Waals surface area contributed by atoms with Gasteiger partial charge in [0.1, 0.15) is 5.56 Å². The second-order valence-electron chi connectivity index (χ2n) is 9.41. The number of aromatic nitrogens is 2. The largest absolute Gasteiger partial charge is 0.491 e. The normalized spacial score (nSPS) is 14.0. The van der Waals surface area contributed by atoms with Gasteiger partial charge in [-0.25, -0.2) is 4.79 Å². The fourth-order valence-electron chi connectivity index (χ4n) is 4.55. The number of esters is 1. The van der Waals surface area contributed by atoms with Crippen LogP contribution in [0.4, 0.5) is 0 Å². The standard InChI is InChI=1S/C30H43N3O3/c1-5-8-9-10-11-12-13-14-15-16-23-18-19-24(32-23)21-26-29(35-6-2)27(30(34)36-7-3)28(33-26)25-20-17-22(4)31-25/h17-21,31,33H,5-16H2,1-4H3. The van der Waals surface area contributed by atoms with Gasteiger partial charge in [-0.15, -0.1) is 0 Å². The number of aliphatic imine (C=N–C) groups is 1. The maximum Gasteiger partial charge on any atom is 0.344 e. The lowest BCUT2D eigenvalue weighted by atomic mass is 10.1. The highest BCUT2D eigenvalue weighted by Gasteiger charge is 2.27. The van der Waals surface area contributed by atoms with Crippen LogP contribution in [0.5, 0.6) is 5.75 Å². The van der Waals surface area contributed by atoms with Crippen LogP contribution in [0.2, 0.25) is 0 Å². The number of hydrogen-bond acceptors (Lipinski definition) is 4. The number of rotatable bonds is 16. The van der Waals surface area contributed by atoms with Gasteiger partial charge in [0.2, 0.25) is 0 Å². The minimum absolute atomic E-state index is 0.296. The Morgan fingerprint density at radius 1 is 0.917 bits per heavy atom. The van der Waals surface area contributed by atoms with Gasteiger partial charge in [-0.1, -0.05) is 58.3 Å². The lowest BCUT2D eigenvalue weighted by Crippen LogP contribution is -2.08. The fourth-order valence-corrected chi connectivity index (χ4v) is 4.55. The molecule has 0 radical (unpaired) electrons. The van der Waals surface area contributed by atoms with Crippen LogP contribution in [0.1, 0.15) is 107 Å². The van der Waals surface area contributed by atoms with Crippen LogP contribution in [0, 0.1) is 6.92 Å². The summed E-state index contributed by atoms with van der Waals surface area (Å²) in [6.45, 7) is 8.69. The smallest absolute Gasteiger partial charge is 0.344 e. The summed E-state index contributed by atoms with van der Waals surface area (Å²) in [7, 11) is 0. The van der Waals surface area contributed by atoms with Crippen LogP contribution in [-0.4, -0.2) is 34.9 Å². The molecule has 3 rings (SSSR count). The second kappa shape index (κ2) is 14.5. The van der Waals surface area contributed by atoms with Crippen molar-refractivity contribution in [3.05, 3.63) is 46.9 Å². The van der Waals surface area contributed by atoms with Crippen molar-refractivity contribution < 1.29 is 14.3 Å². The molecule has 0 saturated carbocycles. The Labute approximate surface area is 216 Å². The van der Waals surface area contributed by atoms with Crippen LogP contribution >= 0.6 is 0 Å². The number of ether oxygens (including phenoxy) is 2. The van der Waals surface area contributed by atoms with Gasteiger partial charge in [-0.05, 0) is 64.0 Å². The third-order valence-corrected chi connectivity index (χ3v) is 6.40. The fraction of sp³-hybridized carbons (Fsp3) is 0.533. The summed E-state index contributed by atoms with van der Waals surface area (Å²) in [5.41, 5.74) is 5.59. The molecule has 0 spiro atoms. The number of H-pyrrole nitrogens is 2. The number of aromatic amines is 2. The van der Waals surface area contributed by atoms with Crippen molar-refractivity contribution in [1.29, 1.82) is 0 Å². The van der Waals surface area contributed by atoms with E-state index in [0.717, 1.165) is 34.9 Å². The number of hydrogen-bond donors (Lipinski definition) is 2. The first-order valence-corrected chi connectivity index (χ1v) is 13.8. The zero-order chi connectivity index (χ0) is 25.8. The van der Waals surface area contributed by atoms with Gasteiger partial charge in [-0.2, -0.15) is 0 Å². The Bertz CT molecular complexity index is 1070. The van der Waals surface area contributed by atoms with Crippen molar-refractivity contribution in [2.45, 2.75) is 91.9 Å². The van der Waals surface area contributed by atoms with Crippen LogP contribution < -0.4 is 4.74 Å². The molecule has 3 heterocycles. The molecule has 0 saturated heterocycles. The summed E-state index contributed by atoms with van der Waals surface area (Å²) in [6, 6.07) is 3.93. The molecule has 2 aromatic rings. The van der Waals surface area contributed by atoms with E-state index in [0.29, 0.717) is 30.2 Å². The molecule has 36 heavy (non-hydrogen) atoms. The quantitative estimate of drug-likeness (QED) is 0.183. The molecule has 0 aliphatic carbocycles. The molecule has 0 bridgehead atoms. The number of aryl methyl sites for hydroxylation is 1. The SMILES string of the molecule is CCCCCCCCCCCC1=NC(=Cc2[nH]c(-c3ccc(C)[nH]3)c(C(=O)OCC)c2OCC)C=C1. The van der Waals surface area contributed by atoms with E-state index in [9.17, 15) is 4.79 Å². The number of carbonyl (C=O) groups is 1. The Morgan fingerprint density at radius 3 is 2.28 bits per heavy atom. The molecule has 196 valence electrons. The van der Waals surface area contributed by atoms with E-state index in [2.05, 4.69) is 23.0 Å². The lowest BCUT2D eigenvalue weighted by Gasteiger charge is -2.07. The highest BCUT2D eigenvalue weighted by atomic mass is 16.5. The molecule has 1 aliphatic heterocycles. The summed E-state index contributed by atoms with van der Waals surface area (Å²) in [5, 5.41) is 0. The molecule has 0 unspecified atom stereocenters. The third-order valence-electron chi connectivity index (χ3n) is 6.40. The van der Waals surface area contributed by atoms with Crippen molar-refractivity contribution in [3.63, 3.8) is 0 Å². The summed E-state index contributed by atoms with van der Waals surface area (Å²) >= 11 is 0. The highest BCUT2D eigenvalue weighted by molar-refractivity contribution is 6.02. The molecule has 2 N–H and O–H groups in total. The molecule has 6 nitrogen and oxygen atoms in total. The first-order valence-electron chi connectivity index (χ1n) is 13.8. The predicted octanol–water partition coefficient (Wildman–Crippen LogP) is 8.17. The molecule has 0 amide bonds. The molecule has 2 aromatic heterocycles. The van der Waals surface area contributed by atoms with Gasteiger partial charge < -0.3 is 19.4 Å². The molecular formula is C30H43N3O3. The van der Waals surface area contributed by atoms with Crippen LogP contribution in [0.15, 0.2) is 35.0 Å². The number of nitrogens with zero attached hydrogens (tertiary/aromatic N) is 1. The Kier molecular flexibility index (Phi) is 11.1. The van der Waals surface area contributed by atoms with E-state index >= 15 is 0 Å². The predicted molar refractivity (Wildman–Crippen MR) is 149 cm³/mol. The number of unbranched alkanes of at least 4 members (excludes halogenated alkanes) is 8. The average molecular weight is 494 g/mol. The minimum atomic E-state index is -0.402. The zero-order valence-electron chi connectivity index (χ0n) is 22.5. The second-order valence-corrected chi connectivity index (χ2v) is 9.41. The zero-order valence-corrected chi connectivity index (χ0v) is 22.5. The maximum atomic E-state index is 12.9. The van der Waals surface area contributed by atoms with Crippen molar-refractivity contribution >= 4 is 17.8 Å². The van der Waals surface area contributed by atoms with Crippen molar-refractivity contribution in [1.82, 2.24) is 9.97 Å². The summed E-state index contributed by atoms with van der Waals surface area (Å²) in [6.07, 6.45) is 19.0. The van der Waals surface area contributed by atoms with E-state index in [1.807, 2.05) is 38.1 Å². The van der Waals surface area contributed by atoms with E-state index in [1.165, 1.54) is 57.8 Å². The first kappa shape index (κ1) is 27.6. The summed E-state index contributed by atoms with van der Waals surface area (Å²) in [4.78, 5) is 24.4. The van der Waals surface area contributed by atoms with Crippen LogP contribution in [-0.2, 0) is 4.74 Å². The molecule has 1 aliphatic rings. The van der Waals surface area contributed by atoms with Crippen LogP contribution in [0.3, 0.4) is 0 Å². The number of allylic oxidation sites excluding steroid dienone is 2. The summed E-state index contributed by atoms with van der Waals surface area (Å²) < 4.78 is 11.3. The van der Waals surface area contributed by atoms with Gasteiger partial charge in [0.05, 0.1) is 36.0 Å². The first-order chi connectivity index (χ1) is 17.6. The molecule has 0 aromatic carbocycles. The maximum absolute atomic E-state index is 12.9. The van der Waals surface area contributed by atoms with Crippen molar-refractivity contribution in [3.8, 4) is 17.1 Å². The molecular weight excluding hydrogens is 450 g/mol. The molecule has 0 atom stereocenters. The van der Waals surface area contributed by atoms with Gasteiger partial charge in [0.25, 0.3) is 0 Å². The number of nitrogens with one attached hydrogen (secondary N) is 2. The van der Waals surface area contributed by atoms with Gasteiger partial charge in [-0.3, -0.25) is 4.99 Å². The van der Waals surface area contributed by atoms with Crippen LogP contribution in [0.25, 0.3) is 17.5 Å². The topological polar surface area (TPSA) is 79.5 Å². The van der Waals surface area contributed by atoms with Gasteiger partial charge in [0.15, 0.2) is 5.75 Å². The highest BCUT2D eigenvalue weighted by Crippen LogP contribution is 2.36. The Balaban J connectivity index is 1.69. The van der Waals surface area contributed by atoms with Gasteiger partial charge in [0, 0.05) is 11.4 Å². The van der Waals surface area contributed by atoms with Gasteiger partial charge >= 0.3 is 5.97 Å². The van der Waals surface area contributed by atoms with E-state index in [-0.39, 0.29) is 0 Å². The minimum Gasteiger partial charge on any atom is -0.491 e. The third kappa shape index (κ3) is 7.74. The van der Waals surface area contributed by atoms with E-state index in [1.54, 1.807) is 6.92 Å². The van der Waals surface area contributed by atoms with E-state index in [4.69, 9.17) is 14.5 Å². The number of carbonyl (C=O) groups excluding carboxylic acids is 1. The van der Waals surface area contributed by atoms with Crippen molar-refractivity contribution in [2.24, 2.45) is 4.99 Å². The monoisotopic (exact) mass is 493 g/mol. The average Bonchev–Trinajstić information content (AvgIpc) is 3.58. The molecule has 0 fully saturated rings. The Hall–Kier alpha value is -3.02. The Morgan fingerprint density at radius 2 is 1.64 bits per heavy atom. The lowest BCUT2D eigenvalue weighted by molar-refractivity contribution is 0.0523.